The largest absolute Gasteiger partial charge is 0.388 e. The summed E-state index contributed by atoms with van der Waals surface area (Å²) < 4.78 is 0. The van der Waals surface area contributed by atoms with Crippen molar-refractivity contribution in [3.8, 4) is 0 Å². The Morgan fingerprint density at radius 2 is 2.29 bits per heavy atom. The summed E-state index contributed by atoms with van der Waals surface area (Å²) in [6.07, 6.45) is 0.633. The lowest BCUT2D eigenvalue weighted by Gasteiger charge is -2.19. The highest BCUT2D eigenvalue weighted by Gasteiger charge is 2.33. The van der Waals surface area contributed by atoms with Gasteiger partial charge in [0.15, 0.2) is 0 Å². The molecule has 0 aliphatic carbocycles. The van der Waals surface area contributed by atoms with E-state index in [2.05, 4.69) is 5.32 Å². The first kappa shape index (κ1) is 11.9. The lowest BCUT2D eigenvalue weighted by Crippen LogP contribution is -2.36. The van der Waals surface area contributed by atoms with Gasteiger partial charge in [-0.3, -0.25) is 0 Å². The molecule has 0 radical (unpaired) electrons. The molecular formula is C13H18N2O2. The number of amides is 2. The van der Waals surface area contributed by atoms with E-state index < -0.39 is 5.60 Å². The van der Waals surface area contributed by atoms with Crippen LogP contribution < -0.4 is 5.32 Å². The molecule has 1 aromatic rings. The second-order valence-corrected chi connectivity index (χ2v) is 4.97. The molecule has 2 N–H and O–H groups in total. The van der Waals surface area contributed by atoms with Crippen molar-refractivity contribution in [2.45, 2.75) is 25.9 Å². The first-order valence-corrected chi connectivity index (χ1v) is 5.81. The van der Waals surface area contributed by atoms with E-state index in [-0.39, 0.29) is 6.03 Å². The minimum atomic E-state index is -0.746. The van der Waals surface area contributed by atoms with E-state index in [4.69, 9.17) is 0 Å². The van der Waals surface area contributed by atoms with Crippen molar-refractivity contribution in [1.29, 1.82) is 0 Å². The molecule has 0 spiro atoms. The Hall–Kier alpha value is -1.55. The van der Waals surface area contributed by atoms with Crippen molar-refractivity contribution in [2.24, 2.45) is 0 Å². The number of aryl methyl sites for hydroxylation is 1. The van der Waals surface area contributed by atoms with Crippen LogP contribution in [-0.4, -0.2) is 34.7 Å². The number of nitrogens with zero attached hydrogens (tertiary/aromatic N) is 1. The number of urea groups is 1. The van der Waals surface area contributed by atoms with E-state index in [1.54, 1.807) is 11.8 Å². The second-order valence-electron chi connectivity index (χ2n) is 4.97. The molecule has 0 saturated carbocycles. The topological polar surface area (TPSA) is 52.6 Å². The fourth-order valence-corrected chi connectivity index (χ4v) is 2.04. The van der Waals surface area contributed by atoms with Crippen LogP contribution >= 0.6 is 0 Å². The average molecular weight is 234 g/mol. The Kier molecular flexibility index (Phi) is 3.07. The number of aliphatic hydroxyl groups is 1. The van der Waals surface area contributed by atoms with Gasteiger partial charge in [-0.25, -0.2) is 4.79 Å². The minimum Gasteiger partial charge on any atom is -0.388 e. The summed E-state index contributed by atoms with van der Waals surface area (Å²) in [5.41, 5.74) is 1.15. The zero-order chi connectivity index (χ0) is 12.5. The molecule has 2 rings (SSSR count). The Labute approximate surface area is 101 Å². The van der Waals surface area contributed by atoms with E-state index >= 15 is 0 Å². The van der Waals surface area contributed by atoms with Crippen molar-refractivity contribution < 1.29 is 9.90 Å². The lowest BCUT2D eigenvalue weighted by molar-refractivity contribution is 0.0727. The Balaban J connectivity index is 1.98. The van der Waals surface area contributed by atoms with E-state index in [1.807, 2.05) is 31.2 Å². The lowest BCUT2D eigenvalue weighted by atomic mass is 10.1. The maximum atomic E-state index is 11.9. The Bertz CT molecular complexity index is 429. The van der Waals surface area contributed by atoms with Gasteiger partial charge in [0.25, 0.3) is 0 Å². The predicted molar refractivity (Wildman–Crippen MR) is 67.0 cm³/mol. The summed E-state index contributed by atoms with van der Waals surface area (Å²) in [6, 6.07) is 7.53. The molecule has 1 aliphatic rings. The zero-order valence-corrected chi connectivity index (χ0v) is 10.2. The van der Waals surface area contributed by atoms with Gasteiger partial charge in [-0.15, -0.1) is 0 Å². The number of hydrogen-bond donors (Lipinski definition) is 2. The normalized spacial score (nSPS) is 23.8. The summed E-state index contributed by atoms with van der Waals surface area (Å²) in [5.74, 6) is 0. The first-order valence-electron chi connectivity index (χ1n) is 5.81. The van der Waals surface area contributed by atoms with Gasteiger partial charge in [-0.2, -0.15) is 0 Å². The molecule has 1 unspecified atom stereocenters. The van der Waals surface area contributed by atoms with Gasteiger partial charge in [0, 0.05) is 12.2 Å². The minimum absolute atomic E-state index is 0.145. The van der Waals surface area contributed by atoms with Crippen LogP contribution in [0.3, 0.4) is 0 Å². The maximum absolute atomic E-state index is 11.9. The number of rotatable bonds is 1. The van der Waals surface area contributed by atoms with Gasteiger partial charge in [-0.1, -0.05) is 12.1 Å². The van der Waals surface area contributed by atoms with Crippen LogP contribution in [0.5, 0.6) is 0 Å². The molecule has 1 fully saturated rings. The molecule has 1 aromatic carbocycles. The van der Waals surface area contributed by atoms with E-state index in [1.165, 1.54) is 0 Å². The van der Waals surface area contributed by atoms with Crippen LogP contribution in [0.15, 0.2) is 24.3 Å². The van der Waals surface area contributed by atoms with Gasteiger partial charge in [-0.05, 0) is 38.0 Å². The van der Waals surface area contributed by atoms with Gasteiger partial charge in [0.2, 0.25) is 0 Å². The molecule has 1 heterocycles. The number of anilines is 1. The molecule has 1 atom stereocenters. The maximum Gasteiger partial charge on any atom is 0.321 e. The van der Waals surface area contributed by atoms with Crippen LogP contribution in [-0.2, 0) is 0 Å². The van der Waals surface area contributed by atoms with Crippen molar-refractivity contribution in [3.63, 3.8) is 0 Å². The molecule has 17 heavy (non-hydrogen) atoms. The van der Waals surface area contributed by atoms with E-state index in [9.17, 15) is 9.90 Å². The molecule has 4 heteroatoms. The van der Waals surface area contributed by atoms with Crippen LogP contribution in [0, 0.1) is 6.92 Å². The quantitative estimate of drug-likeness (QED) is 0.780. The molecule has 0 bridgehead atoms. The Morgan fingerprint density at radius 1 is 1.53 bits per heavy atom. The predicted octanol–water partition coefficient (Wildman–Crippen LogP) is 1.98. The molecule has 1 aliphatic heterocycles. The molecule has 0 aromatic heterocycles. The third kappa shape index (κ3) is 2.97. The molecule has 92 valence electrons. The number of β-amino-alcohol motifs (C(OH)–C–C–N with tert-alkyl or cyclic N) is 1. The Morgan fingerprint density at radius 3 is 2.88 bits per heavy atom. The van der Waals surface area contributed by atoms with E-state index in [0.29, 0.717) is 19.5 Å². The second kappa shape index (κ2) is 4.37. The van der Waals surface area contributed by atoms with Crippen molar-refractivity contribution in [2.75, 3.05) is 18.4 Å². The summed E-state index contributed by atoms with van der Waals surface area (Å²) in [5, 5.41) is 12.6. The number of likely N-dealkylation sites (tertiary alicyclic amines) is 1. The third-order valence-corrected chi connectivity index (χ3v) is 3.01. The van der Waals surface area contributed by atoms with Crippen LogP contribution in [0.4, 0.5) is 10.5 Å². The highest BCUT2D eigenvalue weighted by Crippen LogP contribution is 2.21. The molecule has 4 nitrogen and oxygen atoms in total. The zero-order valence-electron chi connectivity index (χ0n) is 10.2. The van der Waals surface area contributed by atoms with E-state index in [0.717, 1.165) is 11.3 Å². The third-order valence-electron chi connectivity index (χ3n) is 3.01. The summed E-state index contributed by atoms with van der Waals surface area (Å²) in [7, 11) is 0. The number of nitrogens with one attached hydrogen (secondary N) is 1. The van der Waals surface area contributed by atoms with Crippen LogP contribution in [0.25, 0.3) is 0 Å². The molecular weight excluding hydrogens is 216 g/mol. The van der Waals surface area contributed by atoms with Crippen molar-refractivity contribution in [1.82, 2.24) is 4.90 Å². The summed E-state index contributed by atoms with van der Waals surface area (Å²) in [4.78, 5) is 13.6. The summed E-state index contributed by atoms with van der Waals surface area (Å²) in [6.45, 7) is 4.73. The summed E-state index contributed by atoms with van der Waals surface area (Å²) >= 11 is 0. The monoisotopic (exact) mass is 234 g/mol. The van der Waals surface area contributed by atoms with Gasteiger partial charge < -0.3 is 15.3 Å². The standard InChI is InChI=1S/C13H18N2O2/c1-10-4-3-5-11(8-10)14-12(16)15-7-6-13(2,17)9-15/h3-5,8,17H,6-7,9H2,1-2H3,(H,14,16). The number of benzene rings is 1. The highest BCUT2D eigenvalue weighted by molar-refractivity contribution is 5.89. The highest BCUT2D eigenvalue weighted by atomic mass is 16.3. The molecule has 1 saturated heterocycles. The van der Waals surface area contributed by atoms with Gasteiger partial charge >= 0.3 is 6.03 Å². The van der Waals surface area contributed by atoms with Crippen LogP contribution in [0.1, 0.15) is 18.9 Å². The van der Waals surface area contributed by atoms with Crippen LogP contribution in [0.2, 0.25) is 0 Å². The fourth-order valence-electron chi connectivity index (χ4n) is 2.04. The smallest absolute Gasteiger partial charge is 0.321 e. The van der Waals surface area contributed by atoms with Gasteiger partial charge in [0.05, 0.1) is 12.1 Å². The fraction of sp³-hybridized carbons (Fsp3) is 0.462. The average Bonchev–Trinajstić information content (AvgIpc) is 2.59. The number of carbonyl (C=O) groups excluding carboxylic acids is 1. The van der Waals surface area contributed by atoms with Crippen molar-refractivity contribution in [3.05, 3.63) is 29.8 Å². The first-order chi connectivity index (χ1) is 7.96. The number of hydrogen-bond acceptors (Lipinski definition) is 2. The van der Waals surface area contributed by atoms with Crippen molar-refractivity contribution >= 4 is 11.7 Å². The SMILES string of the molecule is Cc1cccc(NC(=O)N2CCC(C)(O)C2)c1. The number of carbonyl (C=O) groups is 1. The molecule has 2 amide bonds. The van der Waals surface area contributed by atoms with Gasteiger partial charge in [0.1, 0.15) is 0 Å².